The predicted octanol–water partition coefficient (Wildman–Crippen LogP) is 5.32. The van der Waals surface area contributed by atoms with E-state index in [0.717, 1.165) is 12.1 Å². The zero-order valence-corrected chi connectivity index (χ0v) is 10.9. The largest absolute Gasteiger partial charge is 0.496 e. The Morgan fingerprint density at radius 1 is 1.00 bits per heavy atom. The van der Waals surface area contributed by atoms with E-state index in [2.05, 4.69) is 0 Å². The van der Waals surface area contributed by atoms with E-state index in [9.17, 15) is 22.0 Å². The van der Waals surface area contributed by atoms with Gasteiger partial charge < -0.3 is 4.74 Å². The quantitative estimate of drug-likeness (QED) is 0.697. The molecule has 0 heterocycles. The molecule has 0 bridgehead atoms. The highest BCUT2D eigenvalue weighted by atomic mass is 19.4. The van der Waals surface area contributed by atoms with Crippen LogP contribution >= 0.6 is 0 Å². The molecule has 112 valence electrons. The molecule has 1 nitrogen and oxygen atoms in total. The van der Waals surface area contributed by atoms with Crippen LogP contribution in [0.2, 0.25) is 0 Å². The average molecular weight is 302 g/mol. The summed E-state index contributed by atoms with van der Waals surface area (Å²) in [7, 11) is 1.20. The average Bonchev–Trinajstić information content (AvgIpc) is 2.45. The van der Waals surface area contributed by atoms with Crippen molar-refractivity contribution in [3.8, 4) is 16.9 Å². The predicted molar refractivity (Wildman–Crippen MR) is 68.4 cm³/mol. The number of halogens is 5. The van der Waals surface area contributed by atoms with Crippen LogP contribution in [0.3, 0.4) is 0 Å². The van der Waals surface area contributed by atoms with Gasteiger partial charge in [0.2, 0.25) is 0 Å². The summed E-state index contributed by atoms with van der Waals surface area (Å²) >= 11 is 0. The fourth-order valence-electron chi connectivity index (χ4n) is 2.04. The molecule has 0 atom stereocenters. The lowest BCUT2D eigenvalue weighted by atomic mass is 9.98. The molecule has 2 rings (SSSR count). The van der Waals surface area contributed by atoms with Crippen molar-refractivity contribution < 1.29 is 26.7 Å². The molecule has 0 saturated carbocycles. The molecular weight excluding hydrogens is 291 g/mol. The summed E-state index contributed by atoms with van der Waals surface area (Å²) < 4.78 is 69.3. The maximum atomic E-state index is 13.0. The molecule has 0 aliphatic carbocycles. The van der Waals surface area contributed by atoms with Gasteiger partial charge in [0.1, 0.15) is 5.75 Å². The minimum Gasteiger partial charge on any atom is -0.496 e. The molecule has 21 heavy (non-hydrogen) atoms. The number of methoxy groups -OCH3 is 1. The molecular formula is C15H11F5O. The van der Waals surface area contributed by atoms with Gasteiger partial charge in [0.15, 0.2) is 0 Å². The molecule has 0 aliphatic heterocycles. The van der Waals surface area contributed by atoms with E-state index in [1.165, 1.54) is 37.4 Å². The van der Waals surface area contributed by atoms with Gasteiger partial charge in [-0.05, 0) is 29.3 Å². The van der Waals surface area contributed by atoms with Gasteiger partial charge in [0.05, 0.1) is 18.2 Å². The van der Waals surface area contributed by atoms with Crippen LogP contribution in [0.1, 0.15) is 17.6 Å². The number of hydrogen-bond donors (Lipinski definition) is 0. The fourth-order valence-corrected chi connectivity index (χ4v) is 2.04. The zero-order chi connectivity index (χ0) is 15.6. The highest BCUT2D eigenvalue weighted by Crippen LogP contribution is 2.39. The molecule has 0 N–H and O–H groups in total. The maximum absolute atomic E-state index is 13.0. The van der Waals surface area contributed by atoms with Crippen molar-refractivity contribution in [1.29, 1.82) is 0 Å². The summed E-state index contributed by atoms with van der Waals surface area (Å²) in [6, 6.07) is 8.46. The molecule has 0 radical (unpaired) electrons. The normalized spacial score (nSPS) is 11.8. The zero-order valence-electron chi connectivity index (χ0n) is 10.9. The highest BCUT2D eigenvalue weighted by Gasteiger charge is 2.33. The lowest BCUT2D eigenvalue weighted by Crippen LogP contribution is -2.07. The molecule has 0 fully saturated rings. The standard InChI is InChI=1S/C15H11F5O/c1-21-13-8-9(6-7-11(13)14(16)17)10-4-2-3-5-12(10)15(18,19)20/h2-8,14H,1H3. The van der Waals surface area contributed by atoms with Gasteiger partial charge in [-0.25, -0.2) is 8.78 Å². The first-order valence-electron chi connectivity index (χ1n) is 5.97. The second-order valence-electron chi connectivity index (χ2n) is 4.30. The van der Waals surface area contributed by atoms with Crippen molar-refractivity contribution >= 4 is 0 Å². The van der Waals surface area contributed by atoms with Gasteiger partial charge in [-0.3, -0.25) is 0 Å². The van der Waals surface area contributed by atoms with Gasteiger partial charge in [-0.15, -0.1) is 0 Å². The van der Waals surface area contributed by atoms with Crippen molar-refractivity contribution in [3.63, 3.8) is 0 Å². The number of rotatable bonds is 3. The highest BCUT2D eigenvalue weighted by molar-refractivity contribution is 5.70. The van der Waals surface area contributed by atoms with Crippen LogP contribution in [0.4, 0.5) is 22.0 Å². The number of ether oxygens (including phenoxy) is 1. The van der Waals surface area contributed by atoms with Crippen LogP contribution in [0.15, 0.2) is 42.5 Å². The van der Waals surface area contributed by atoms with Crippen LogP contribution in [0.25, 0.3) is 11.1 Å². The monoisotopic (exact) mass is 302 g/mol. The lowest BCUT2D eigenvalue weighted by Gasteiger charge is -2.15. The molecule has 2 aromatic rings. The molecule has 6 heteroatoms. The Balaban J connectivity index is 2.58. The van der Waals surface area contributed by atoms with E-state index in [4.69, 9.17) is 4.74 Å². The summed E-state index contributed by atoms with van der Waals surface area (Å²) in [4.78, 5) is 0. The van der Waals surface area contributed by atoms with Gasteiger partial charge in [0, 0.05) is 0 Å². The van der Waals surface area contributed by atoms with Crippen LogP contribution in [0, 0.1) is 0 Å². The molecule has 0 saturated heterocycles. The van der Waals surface area contributed by atoms with E-state index in [-0.39, 0.29) is 22.4 Å². The van der Waals surface area contributed by atoms with Crippen molar-refractivity contribution in [2.45, 2.75) is 12.6 Å². The Morgan fingerprint density at radius 2 is 1.67 bits per heavy atom. The second kappa shape index (κ2) is 5.71. The molecule has 2 aromatic carbocycles. The molecule has 0 aliphatic rings. The summed E-state index contributed by atoms with van der Waals surface area (Å²) in [5.74, 6) is -0.139. The van der Waals surface area contributed by atoms with E-state index < -0.39 is 18.2 Å². The van der Waals surface area contributed by atoms with Crippen LogP contribution in [-0.2, 0) is 6.18 Å². The molecule has 0 aromatic heterocycles. The third-order valence-electron chi connectivity index (χ3n) is 3.01. The Labute approximate surface area is 118 Å². The van der Waals surface area contributed by atoms with Gasteiger partial charge >= 0.3 is 6.18 Å². The summed E-state index contributed by atoms with van der Waals surface area (Å²) in [6.45, 7) is 0. The Kier molecular flexibility index (Phi) is 4.16. The summed E-state index contributed by atoms with van der Waals surface area (Å²) in [5.41, 5.74) is -1.09. The van der Waals surface area contributed by atoms with Crippen LogP contribution < -0.4 is 4.74 Å². The number of benzene rings is 2. The van der Waals surface area contributed by atoms with Crippen molar-refractivity contribution in [3.05, 3.63) is 53.6 Å². The third-order valence-corrected chi connectivity index (χ3v) is 3.01. The number of alkyl halides is 5. The van der Waals surface area contributed by atoms with Gasteiger partial charge in [0.25, 0.3) is 6.43 Å². The fraction of sp³-hybridized carbons (Fsp3) is 0.200. The maximum Gasteiger partial charge on any atom is 0.417 e. The van der Waals surface area contributed by atoms with Crippen molar-refractivity contribution in [1.82, 2.24) is 0 Å². The van der Waals surface area contributed by atoms with Crippen molar-refractivity contribution in [2.75, 3.05) is 7.11 Å². The van der Waals surface area contributed by atoms with E-state index in [1.807, 2.05) is 0 Å². The minimum atomic E-state index is -4.52. The Bertz CT molecular complexity index is 634. The Morgan fingerprint density at radius 3 is 2.24 bits per heavy atom. The first-order valence-corrected chi connectivity index (χ1v) is 5.97. The molecule has 0 amide bonds. The van der Waals surface area contributed by atoms with E-state index in [0.29, 0.717) is 0 Å². The SMILES string of the molecule is COc1cc(-c2ccccc2C(F)(F)F)ccc1C(F)F. The first kappa shape index (κ1) is 15.3. The second-order valence-corrected chi connectivity index (χ2v) is 4.30. The Hall–Kier alpha value is -2.11. The van der Waals surface area contributed by atoms with Crippen LogP contribution in [0.5, 0.6) is 5.75 Å². The molecule has 0 unspecified atom stereocenters. The molecule has 0 spiro atoms. The summed E-state index contributed by atoms with van der Waals surface area (Å²) in [6.07, 6.45) is -7.28. The van der Waals surface area contributed by atoms with Crippen molar-refractivity contribution in [2.24, 2.45) is 0 Å². The van der Waals surface area contributed by atoms with E-state index in [1.54, 1.807) is 0 Å². The van der Waals surface area contributed by atoms with Crippen LogP contribution in [-0.4, -0.2) is 7.11 Å². The minimum absolute atomic E-state index is 0.0795. The number of hydrogen-bond acceptors (Lipinski definition) is 1. The third kappa shape index (κ3) is 3.15. The van der Waals surface area contributed by atoms with Gasteiger partial charge in [-0.2, -0.15) is 13.2 Å². The lowest BCUT2D eigenvalue weighted by molar-refractivity contribution is -0.137. The first-order chi connectivity index (χ1) is 9.84. The van der Waals surface area contributed by atoms with Gasteiger partial charge in [-0.1, -0.05) is 24.3 Å². The topological polar surface area (TPSA) is 9.23 Å². The summed E-state index contributed by atoms with van der Waals surface area (Å²) in [5, 5.41) is 0. The smallest absolute Gasteiger partial charge is 0.417 e. The van der Waals surface area contributed by atoms with E-state index >= 15 is 0 Å².